The molecule has 2 heterocycles. The highest BCUT2D eigenvalue weighted by atomic mass is 16.6. The van der Waals surface area contributed by atoms with E-state index < -0.39 is 0 Å². The fourth-order valence-electron chi connectivity index (χ4n) is 3.84. The van der Waals surface area contributed by atoms with Gasteiger partial charge in [-0.2, -0.15) is 0 Å². The number of benzene rings is 2. The van der Waals surface area contributed by atoms with Crippen LogP contribution in [0.1, 0.15) is 48.8 Å². The first-order chi connectivity index (χ1) is 15.6. The minimum Gasteiger partial charge on any atom is -0.494 e. The lowest BCUT2D eigenvalue weighted by molar-refractivity contribution is -0.129. The van der Waals surface area contributed by atoms with Crippen LogP contribution in [0.3, 0.4) is 0 Å². The van der Waals surface area contributed by atoms with Crippen LogP contribution >= 0.6 is 0 Å². The summed E-state index contributed by atoms with van der Waals surface area (Å²) >= 11 is 0. The number of H-pyrrole nitrogens is 1. The number of hydrogen-bond acceptors (Lipinski definition) is 6. The molecule has 1 aliphatic rings. The standard InChI is InChI=1S/C24H26N4O4/c1-15-11-12-17-19(14-15)25-23(21-16-8-5-6-9-18(16)26-24(21)30)22(17)28-32-13-7-3-2-4-10-20(29)27-31/h5-6,8-9,11-12,14,26,30-31H,2-4,7,10,13H2,1H3,(H,27,29)/b28-22+. The normalized spacial score (nSPS) is 13.9. The molecule has 8 nitrogen and oxygen atoms in total. The number of aliphatic imine (C=N–C) groups is 1. The molecule has 0 saturated carbocycles. The van der Waals surface area contributed by atoms with E-state index in [1.54, 1.807) is 5.48 Å². The smallest absolute Gasteiger partial charge is 0.243 e. The monoisotopic (exact) mass is 434 g/mol. The van der Waals surface area contributed by atoms with Crippen molar-refractivity contribution >= 4 is 33.9 Å². The summed E-state index contributed by atoms with van der Waals surface area (Å²) in [6, 6.07) is 13.6. The molecule has 4 rings (SSSR count). The van der Waals surface area contributed by atoms with Gasteiger partial charge in [0, 0.05) is 22.9 Å². The lowest BCUT2D eigenvalue weighted by Gasteiger charge is -2.06. The maximum absolute atomic E-state index is 11.0. The molecule has 1 amide bonds. The third-order valence-electron chi connectivity index (χ3n) is 5.46. The van der Waals surface area contributed by atoms with E-state index in [0.717, 1.165) is 47.0 Å². The maximum Gasteiger partial charge on any atom is 0.243 e. The van der Waals surface area contributed by atoms with Crippen LogP contribution in [-0.4, -0.2) is 39.2 Å². The summed E-state index contributed by atoms with van der Waals surface area (Å²) in [5.41, 5.74) is 7.00. The van der Waals surface area contributed by atoms with Gasteiger partial charge in [-0.15, -0.1) is 0 Å². The number of hydroxylamine groups is 1. The van der Waals surface area contributed by atoms with Gasteiger partial charge in [0.2, 0.25) is 5.91 Å². The number of aryl methyl sites for hydroxylation is 1. The van der Waals surface area contributed by atoms with E-state index in [9.17, 15) is 9.90 Å². The van der Waals surface area contributed by atoms with E-state index in [1.165, 1.54) is 0 Å². The number of unbranched alkanes of at least 4 members (excludes halogenated alkanes) is 3. The van der Waals surface area contributed by atoms with E-state index in [4.69, 9.17) is 15.0 Å². The summed E-state index contributed by atoms with van der Waals surface area (Å²) < 4.78 is 0. The van der Waals surface area contributed by atoms with Crippen LogP contribution in [0.25, 0.3) is 10.9 Å². The molecule has 32 heavy (non-hydrogen) atoms. The first kappa shape index (κ1) is 21.6. The van der Waals surface area contributed by atoms with Gasteiger partial charge in [-0.1, -0.05) is 41.9 Å². The molecule has 1 aliphatic heterocycles. The van der Waals surface area contributed by atoms with Crippen molar-refractivity contribution in [3.63, 3.8) is 0 Å². The molecule has 3 aromatic rings. The van der Waals surface area contributed by atoms with Crippen molar-refractivity contribution in [2.45, 2.75) is 39.0 Å². The summed E-state index contributed by atoms with van der Waals surface area (Å²) in [4.78, 5) is 24.4. The quantitative estimate of drug-likeness (QED) is 0.225. The number of aromatic nitrogens is 1. The molecular formula is C24H26N4O4. The Labute approximate surface area is 185 Å². The molecule has 0 saturated heterocycles. The van der Waals surface area contributed by atoms with Gasteiger partial charge in [-0.25, -0.2) is 10.5 Å². The van der Waals surface area contributed by atoms with Crippen LogP contribution < -0.4 is 5.48 Å². The Bertz CT molecular complexity index is 1200. The summed E-state index contributed by atoms with van der Waals surface area (Å²) in [7, 11) is 0. The maximum atomic E-state index is 11.0. The highest BCUT2D eigenvalue weighted by molar-refractivity contribution is 6.58. The summed E-state index contributed by atoms with van der Waals surface area (Å²) in [5.74, 6) is -0.316. The van der Waals surface area contributed by atoms with Gasteiger partial charge in [0.1, 0.15) is 18.0 Å². The van der Waals surface area contributed by atoms with E-state index in [-0.39, 0.29) is 11.8 Å². The molecule has 0 unspecified atom stereocenters. The van der Waals surface area contributed by atoms with Gasteiger partial charge in [0.25, 0.3) is 0 Å². The largest absolute Gasteiger partial charge is 0.494 e. The topological polar surface area (TPSA) is 119 Å². The van der Waals surface area contributed by atoms with Crippen molar-refractivity contribution in [3.8, 4) is 5.88 Å². The molecule has 2 aromatic carbocycles. The molecule has 0 atom stereocenters. The molecule has 1 aromatic heterocycles. The first-order valence-corrected chi connectivity index (χ1v) is 10.7. The number of carbonyl (C=O) groups excluding carboxylic acids is 1. The number of fused-ring (bicyclic) bond motifs is 2. The lowest BCUT2D eigenvalue weighted by Crippen LogP contribution is -2.17. The van der Waals surface area contributed by atoms with Crippen LogP contribution in [0.2, 0.25) is 0 Å². The number of aromatic hydroxyl groups is 1. The predicted molar refractivity (Wildman–Crippen MR) is 123 cm³/mol. The van der Waals surface area contributed by atoms with Crippen molar-refractivity contribution in [1.29, 1.82) is 0 Å². The van der Waals surface area contributed by atoms with Crippen molar-refractivity contribution < 1.29 is 19.9 Å². The highest BCUT2D eigenvalue weighted by Crippen LogP contribution is 2.36. The third-order valence-corrected chi connectivity index (χ3v) is 5.46. The van der Waals surface area contributed by atoms with Crippen molar-refractivity contribution in [2.75, 3.05) is 6.61 Å². The number of oxime groups is 1. The first-order valence-electron chi connectivity index (χ1n) is 10.7. The van der Waals surface area contributed by atoms with Crippen molar-refractivity contribution in [3.05, 3.63) is 59.2 Å². The molecule has 0 spiro atoms. The zero-order valence-electron chi connectivity index (χ0n) is 17.9. The number of aromatic amines is 1. The van der Waals surface area contributed by atoms with E-state index in [2.05, 4.69) is 10.1 Å². The highest BCUT2D eigenvalue weighted by Gasteiger charge is 2.29. The fourth-order valence-corrected chi connectivity index (χ4v) is 3.84. The fraction of sp³-hybridized carbons (Fsp3) is 0.292. The van der Waals surface area contributed by atoms with Crippen LogP contribution in [0.4, 0.5) is 5.69 Å². The average Bonchev–Trinajstić information content (AvgIpc) is 3.30. The Morgan fingerprint density at radius 2 is 1.97 bits per heavy atom. The third kappa shape index (κ3) is 4.50. The second-order valence-electron chi connectivity index (χ2n) is 7.85. The Hall–Kier alpha value is -3.65. The number of hydrogen-bond donors (Lipinski definition) is 4. The number of nitrogens with zero attached hydrogens (tertiary/aromatic N) is 2. The van der Waals surface area contributed by atoms with Gasteiger partial charge in [-0.05, 0) is 43.9 Å². The van der Waals surface area contributed by atoms with Crippen molar-refractivity contribution in [1.82, 2.24) is 10.5 Å². The number of rotatable bonds is 9. The Morgan fingerprint density at radius 1 is 1.16 bits per heavy atom. The molecule has 8 heteroatoms. The molecule has 0 fully saturated rings. The number of para-hydroxylation sites is 1. The summed E-state index contributed by atoms with van der Waals surface area (Å²) in [6.07, 6.45) is 3.58. The number of nitrogens with one attached hydrogen (secondary N) is 2. The SMILES string of the molecule is Cc1ccc2c(c1)N=C(c1c(O)[nH]c3ccccc13)/C2=N/OCCCCCCC(=O)NO. The van der Waals surface area contributed by atoms with E-state index >= 15 is 0 Å². The minimum atomic E-state index is -0.366. The molecule has 0 bridgehead atoms. The Kier molecular flexibility index (Phi) is 6.51. The second kappa shape index (κ2) is 9.65. The number of amides is 1. The lowest BCUT2D eigenvalue weighted by atomic mass is 10.0. The molecule has 0 radical (unpaired) electrons. The van der Waals surface area contributed by atoms with E-state index in [1.807, 2.05) is 49.4 Å². The van der Waals surface area contributed by atoms with Gasteiger partial charge in [-0.3, -0.25) is 10.0 Å². The van der Waals surface area contributed by atoms with Gasteiger partial charge in [0.15, 0.2) is 5.88 Å². The van der Waals surface area contributed by atoms with Gasteiger partial charge in [0.05, 0.1) is 11.3 Å². The number of carbonyl (C=O) groups is 1. The zero-order chi connectivity index (χ0) is 22.5. The Morgan fingerprint density at radius 3 is 2.81 bits per heavy atom. The van der Waals surface area contributed by atoms with Crippen LogP contribution in [-0.2, 0) is 9.63 Å². The predicted octanol–water partition coefficient (Wildman–Crippen LogP) is 4.49. The molecule has 4 N–H and O–H groups in total. The van der Waals surface area contributed by atoms with Crippen LogP contribution in [0.15, 0.2) is 52.6 Å². The van der Waals surface area contributed by atoms with Gasteiger partial charge < -0.3 is 14.9 Å². The van der Waals surface area contributed by atoms with Gasteiger partial charge >= 0.3 is 0 Å². The Balaban J connectivity index is 1.50. The van der Waals surface area contributed by atoms with Crippen LogP contribution in [0.5, 0.6) is 5.88 Å². The summed E-state index contributed by atoms with van der Waals surface area (Å²) in [6.45, 7) is 2.44. The molecular weight excluding hydrogens is 408 g/mol. The van der Waals surface area contributed by atoms with E-state index in [0.29, 0.717) is 36.4 Å². The second-order valence-corrected chi connectivity index (χ2v) is 7.85. The summed E-state index contributed by atoms with van der Waals surface area (Å²) in [5, 5.41) is 24.4. The average molecular weight is 434 g/mol. The van der Waals surface area contributed by atoms with Crippen molar-refractivity contribution in [2.24, 2.45) is 10.1 Å². The van der Waals surface area contributed by atoms with Crippen LogP contribution in [0, 0.1) is 6.92 Å². The zero-order valence-corrected chi connectivity index (χ0v) is 17.9. The molecule has 0 aliphatic carbocycles. The molecule has 166 valence electrons. The minimum absolute atomic E-state index is 0.0501.